The summed E-state index contributed by atoms with van der Waals surface area (Å²) in [7, 11) is 0. The molecule has 0 aromatic rings. The molecule has 0 aliphatic rings. The van der Waals surface area contributed by atoms with Crippen molar-refractivity contribution >= 4 is 11.8 Å². The predicted octanol–water partition coefficient (Wildman–Crippen LogP) is 0.510. The van der Waals surface area contributed by atoms with E-state index in [1.54, 1.807) is 11.8 Å². The molecule has 0 fully saturated rings. The fraction of sp³-hybridized carbons (Fsp3) is 0.778. The Hall–Kier alpha value is -1.06. The topological polar surface area (TPSA) is 63.4 Å². The Morgan fingerprint density at radius 2 is 1.92 bits per heavy atom. The summed E-state index contributed by atoms with van der Waals surface area (Å²) in [5.74, 6) is -0.244. The number of amides is 2. The van der Waals surface area contributed by atoms with Gasteiger partial charge in [0.2, 0.25) is 11.8 Å². The van der Waals surface area contributed by atoms with E-state index in [1.165, 1.54) is 0 Å². The van der Waals surface area contributed by atoms with Gasteiger partial charge in [-0.2, -0.15) is 0 Å². The molecule has 4 heteroatoms. The van der Waals surface area contributed by atoms with Crippen molar-refractivity contribution in [1.82, 2.24) is 4.90 Å². The van der Waals surface area contributed by atoms with Crippen molar-refractivity contribution in [2.45, 2.75) is 33.1 Å². The molecule has 0 aliphatic heterocycles. The van der Waals surface area contributed by atoms with E-state index in [9.17, 15) is 9.59 Å². The van der Waals surface area contributed by atoms with Crippen LogP contribution in [0.25, 0.3) is 0 Å². The Morgan fingerprint density at radius 3 is 2.31 bits per heavy atom. The van der Waals surface area contributed by atoms with Gasteiger partial charge in [0.1, 0.15) is 0 Å². The van der Waals surface area contributed by atoms with Crippen molar-refractivity contribution in [3.63, 3.8) is 0 Å². The highest BCUT2D eigenvalue weighted by Gasteiger charge is 2.06. The first-order valence-corrected chi connectivity index (χ1v) is 4.61. The molecule has 0 aromatic carbocycles. The van der Waals surface area contributed by atoms with E-state index in [2.05, 4.69) is 0 Å². The van der Waals surface area contributed by atoms with Crippen molar-refractivity contribution in [3.8, 4) is 0 Å². The molecule has 0 bridgehead atoms. The molecule has 2 amide bonds. The van der Waals surface area contributed by atoms with Gasteiger partial charge in [-0.1, -0.05) is 6.92 Å². The second-order valence-corrected chi connectivity index (χ2v) is 3.08. The first-order chi connectivity index (χ1) is 6.07. The van der Waals surface area contributed by atoms with Crippen LogP contribution in [-0.4, -0.2) is 29.8 Å². The van der Waals surface area contributed by atoms with E-state index < -0.39 is 0 Å². The van der Waals surface area contributed by atoms with Gasteiger partial charge in [0.25, 0.3) is 0 Å². The van der Waals surface area contributed by atoms with Crippen molar-refractivity contribution in [1.29, 1.82) is 0 Å². The SMILES string of the molecule is CCCN(CCCC(N)=O)C(C)=O. The molecule has 0 atom stereocenters. The van der Waals surface area contributed by atoms with Crippen LogP contribution in [0, 0.1) is 0 Å². The summed E-state index contributed by atoms with van der Waals surface area (Å²) in [6.07, 6.45) is 1.96. The molecule has 0 saturated carbocycles. The Kier molecular flexibility index (Phi) is 5.93. The number of rotatable bonds is 6. The third-order valence-electron chi connectivity index (χ3n) is 1.79. The number of hydrogen-bond acceptors (Lipinski definition) is 2. The molecular formula is C9H18N2O2. The van der Waals surface area contributed by atoms with Crippen LogP contribution in [0.15, 0.2) is 0 Å². The molecule has 13 heavy (non-hydrogen) atoms. The molecule has 0 spiro atoms. The second kappa shape index (κ2) is 6.46. The van der Waals surface area contributed by atoms with E-state index in [0.29, 0.717) is 19.4 Å². The van der Waals surface area contributed by atoms with Gasteiger partial charge in [0.05, 0.1) is 0 Å². The van der Waals surface area contributed by atoms with Crippen molar-refractivity contribution in [2.75, 3.05) is 13.1 Å². The third-order valence-corrected chi connectivity index (χ3v) is 1.79. The number of nitrogens with zero attached hydrogens (tertiary/aromatic N) is 1. The fourth-order valence-electron chi connectivity index (χ4n) is 1.14. The lowest BCUT2D eigenvalue weighted by Crippen LogP contribution is -2.31. The summed E-state index contributed by atoms with van der Waals surface area (Å²) in [6.45, 7) is 4.95. The Bertz CT molecular complexity index is 180. The Balaban J connectivity index is 3.69. The van der Waals surface area contributed by atoms with Crippen LogP contribution in [-0.2, 0) is 9.59 Å². The zero-order chi connectivity index (χ0) is 10.3. The summed E-state index contributed by atoms with van der Waals surface area (Å²) >= 11 is 0. The lowest BCUT2D eigenvalue weighted by atomic mass is 10.2. The monoisotopic (exact) mass is 186 g/mol. The lowest BCUT2D eigenvalue weighted by Gasteiger charge is -2.19. The summed E-state index contributed by atoms with van der Waals surface area (Å²) in [5, 5.41) is 0. The highest BCUT2D eigenvalue weighted by atomic mass is 16.2. The van der Waals surface area contributed by atoms with Crippen molar-refractivity contribution in [2.24, 2.45) is 5.73 Å². The van der Waals surface area contributed by atoms with Gasteiger partial charge < -0.3 is 10.6 Å². The fourth-order valence-corrected chi connectivity index (χ4v) is 1.14. The molecule has 76 valence electrons. The van der Waals surface area contributed by atoms with Gasteiger partial charge in [0.15, 0.2) is 0 Å². The van der Waals surface area contributed by atoms with Gasteiger partial charge in [-0.15, -0.1) is 0 Å². The largest absolute Gasteiger partial charge is 0.370 e. The summed E-state index contributed by atoms with van der Waals surface area (Å²) in [4.78, 5) is 23.2. The van der Waals surface area contributed by atoms with E-state index in [-0.39, 0.29) is 11.8 Å². The van der Waals surface area contributed by atoms with Crippen LogP contribution < -0.4 is 5.73 Å². The van der Waals surface area contributed by atoms with Gasteiger partial charge in [-0.3, -0.25) is 9.59 Å². The number of carbonyl (C=O) groups excluding carboxylic acids is 2. The van der Waals surface area contributed by atoms with Crippen molar-refractivity contribution < 1.29 is 9.59 Å². The average molecular weight is 186 g/mol. The molecule has 0 aliphatic carbocycles. The number of hydrogen-bond donors (Lipinski definition) is 1. The maximum atomic E-state index is 11.0. The van der Waals surface area contributed by atoms with Crippen LogP contribution >= 0.6 is 0 Å². The van der Waals surface area contributed by atoms with Crippen molar-refractivity contribution in [3.05, 3.63) is 0 Å². The molecule has 0 rings (SSSR count). The van der Waals surface area contributed by atoms with Gasteiger partial charge in [-0.25, -0.2) is 0 Å². The van der Waals surface area contributed by atoms with E-state index in [1.807, 2.05) is 6.92 Å². The van der Waals surface area contributed by atoms with Crippen LogP contribution in [0.4, 0.5) is 0 Å². The van der Waals surface area contributed by atoms with Gasteiger partial charge in [-0.05, 0) is 12.8 Å². The smallest absolute Gasteiger partial charge is 0.219 e. The zero-order valence-electron chi connectivity index (χ0n) is 8.38. The minimum atomic E-state index is -0.306. The molecule has 0 heterocycles. The normalized spacial score (nSPS) is 9.69. The maximum absolute atomic E-state index is 11.0. The Labute approximate surface area is 79.1 Å². The highest BCUT2D eigenvalue weighted by molar-refractivity contribution is 5.74. The highest BCUT2D eigenvalue weighted by Crippen LogP contribution is 1.97. The minimum absolute atomic E-state index is 0.0614. The molecule has 4 nitrogen and oxygen atoms in total. The molecule has 0 saturated heterocycles. The molecule has 2 N–H and O–H groups in total. The summed E-state index contributed by atoms with van der Waals surface area (Å²) in [6, 6.07) is 0. The van der Waals surface area contributed by atoms with E-state index >= 15 is 0 Å². The maximum Gasteiger partial charge on any atom is 0.219 e. The molecular weight excluding hydrogens is 168 g/mol. The first kappa shape index (κ1) is 11.9. The van der Waals surface area contributed by atoms with Crippen LogP contribution in [0.1, 0.15) is 33.1 Å². The average Bonchev–Trinajstić information content (AvgIpc) is 2.02. The standard InChI is InChI=1S/C9H18N2O2/c1-3-6-11(8(2)12)7-4-5-9(10)13/h3-7H2,1-2H3,(H2,10,13). The second-order valence-electron chi connectivity index (χ2n) is 3.08. The molecule has 0 aromatic heterocycles. The molecule has 0 unspecified atom stereocenters. The number of carbonyl (C=O) groups is 2. The van der Waals surface area contributed by atoms with E-state index in [4.69, 9.17) is 5.73 Å². The van der Waals surface area contributed by atoms with Gasteiger partial charge >= 0.3 is 0 Å². The minimum Gasteiger partial charge on any atom is -0.370 e. The lowest BCUT2D eigenvalue weighted by molar-refractivity contribution is -0.129. The predicted molar refractivity (Wildman–Crippen MR) is 51.0 cm³/mol. The number of nitrogens with two attached hydrogens (primary N) is 1. The first-order valence-electron chi connectivity index (χ1n) is 4.61. The third kappa shape index (κ3) is 6.13. The van der Waals surface area contributed by atoms with Crippen LogP contribution in [0.3, 0.4) is 0 Å². The van der Waals surface area contributed by atoms with Crippen LogP contribution in [0.2, 0.25) is 0 Å². The number of primary amides is 1. The molecule has 0 radical (unpaired) electrons. The van der Waals surface area contributed by atoms with Crippen LogP contribution in [0.5, 0.6) is 0 Å². The quantitative estimate of drug-likeness (QED) is 0.657. The summed E-state index contributed by atoms with van der Waals surface area (Å²) < 4.78 is 0. The summed E-state index contributed by atoms with van der Waals surface area (Å²) in [5.41, 5.74) is 4.99. The van der Waals surface area contributed by atoms with Gasteiger partial charge in [0, 0.05) is 26.4 Å². The van der Waals surface area contributed by atoms with E-state index in [0.717, 1.165) is 13.0 Å². The Morgan fingerprint density at radius 1 is 1.31 bits per heavy atom. The zero-order valence-corrected chi connectivity index (χ0v) is 8.38.